The van der Waals surface area contributed by atoms with E-state index in [0.29, 0.717) is 10.8 Å². The van der Waals surface area contributed by atoms with Crippen LogP contribution < -0.4 is 0 Å². The molecule has 2 saturated carbocycles. The maximum atomic E-state index is 2.44. The van der Waals surface area contributed by atoms with Crippen LogP contribution in [0.2, 0.25) is 0 Å². The lowest BCUT2D eigenvalue weighted by molar-refractivity contribution is 0.114. The van der Waals surface area contributed by atoms with Crippen molar-refractivity contribution < 1.29 is 0 Å². The fraction of sp³-hybridized carbons (Fsp3) is 1.00. The van der Waals surface area contributed by atoms with E-state index >= 15 is 0 Å². The van der Waals surface area contributed by atoms with Gasteiger partial charge in [0.25, 0.3) is 0 Å². The van der Waals surface area contributed by atoms with Crippen molar-refractivity contribution in [1.82, 2.24) is 0 Å². The molecule has 0 spiro atoms. The Hall–Kier alpha value is 0. The first-order chi connectivity index (χ1) is 7.68. The van der Waals surface area contributed by atoms with E-state index in [1.165, 1.54) is 32.1 Å². The van der Waals surface area contributed by atoms with Crippen LogP contribution in [0.5, 0.6) is 0 Å². The van der Waals surface area contributed by atoms with Gasteiger partial charge < -0.3 is 0 Å². The van der Waals surface area contributed by atoms with Crippen LogP contribution in [0.15, 0.2) is 0 Å². The second-order valence-corrected chi connectivity index (χ2v) is 8.93. The summed E-state index contributed by atoms with van der Waals surface area (Å²) < 4.78 is 0. The molecule has 4 unspecified atom stereocenters. The highest BCUT2D eigenvalue weighted by Crippen LogP contribution is 2.54. The van der Waals surface area contributed by atoms with E-state index in [2.05, 4.69) is 41.5 Å². The van der Waals surface area contributed by atoms with Gasteiger partial charge in [0.1, 0.15) is 0 Å². The second-order valence-electron chi connectivity index (χ2n) is 8.93. The maximum absolute atomic E-state index is 2.44. The Morgan fingerprint density at radius 1 is 0.588 bits per heavy atom. The summed E-state index contributed by atoms with van der Waals surface area (Å²) >= 11 is 0. The van der Waals surface area contributed by atoms with Gasteiger partial charge in [-0.3, -0.25) is 0 Å². The molecule has 0 heteroatoms. The van der Waals surface area contributed by atoms with Crippen LogP contribution in [0, 0.1) is 34.5 Å². The Morgan fingerprint density at radius 3 is 1.59 bits per heavy atom. The summed E-state index contributed by atoms with van der Waals surface area (Å²) in [6.45, 7) is 14.6. The maximum Gasteiger partial charge on any atom is -0.0354 e. The lowest BCUT2D eigenvalue weighted by Gasteiger charge is -2.39. The zero-order valence-corrected chi connectivity index (χ0v) is 12.8. The third kappa shape index (κ3) is 2.88. The van der Waals surface area contributed by atoms with Gasteiger partial charge in [0, 0.05) is 0 Å². The molecule has 0 aliphatic heterocycles. The zero-order valence-electron chi connectivity index (χ0n) is 12.8. The third-order valence-corrected chi connectivity index (χ3v) is 5.76. The van der Waals surface area contributed by atoms with Crippen LogP contribution >= 0.6 is 0 Å². The van der Waals surface area contributed by atoms with Crippen molar-refractivity contribution in [3.63, 3.8) is 0 Å². The van der Waals surface area contributed by atoms with Crippen molar-refractivity contribution in [3.8, 4) is 0 Å². The summed E-state index contributed by atoms with van der Waals surface area (Å²) in [5.41, 5.74) is 1.07. The van der Waals surface area contributed by atoms with E-state index < -0.39 is 0 Å². The van der Waals surface area contributed by atoms with Crippen LogP contribution in [0.25, 0.3) is 0 Å². The van der Waals surface area contributed by atoms with Gasteiger partial charge in [-0.25, -0.2) is 0 Å². The summed E-state index contributed by atoms with van der Waals surface area (Å²) in [7, 11) is 0. The molecule has 0 heterocycles. The van der Waals surface area contributed by atoms with Gasteiger partial charge in [0.05, 0.1) is 0 Å². The van der Waals surface area contributed by atoms with Gasteiger partial charge in [-0.2, -0.15) is 0 Å². The van der Waals surface area contributed by atoms with E-state index in [1.54, 1.807) is 0 Å². The molecule has 2 fully saturated rings. The third-order valence-electron chi connectivity index (χ3n) is 5.76. The lowest BCUT2D eigenvalue weighted by Crippen LogP contribution is -2.29. The van der Waals surface area contributed by atoms with Crippen LogP contribution in [-0.2, 0) is 0 Å². The fourth-order valence-electron chi connectivity index (χ4n) is 4.25. The van der Waals surface area contributed by atoms with E-state index in [-0.39, 0.29) is 0 Å². The van der Waals surface area contributed by atoms with Crippen LogP contribution in [0.4, 0.5) is 0 Å². The van der Waals surface area contributed by atoms with Gasteiger partial charge in [0.2, 0.25) is 0 Å². The Balaban J connectivity index is 1.99. The van der Waals surface area contributed by atoms with Gasteiger partial charge in [-0.05, 0) is 66.6 Å². The standard InChI is InChI=1S/C17H32/c1-16(2,3)14-8-7-12-9-15(17(4,5)6)11-13(12)10-14/h12-15H,7-11H2,1-6H3. The van der Waals surface area contributed by atoms with E-state index in [1.807, 2.05) is 0 Å². The molecule has 4 atom stereocenters. The molecule has 2 aliphatic carbocycles. The number of rotatable bonds is 0. The van der Waals surface area contributed by atoms with Crippen LogP contribution in [-0.4, -0.2) is 0 Å². The molecule has 100 valence electrons. The minimum Gasteiger partial charge on any atom is -0.0599 e. The summed E-state index contributed by atoms with van der Waals surface area (Å²) in [6.07, 6.45) is 7.55. The molecule has 0 aromatic rings. The largest absolute Gasteiger partial charge is 0.0599 e. The summed E-state index contributed by atoms with van der Waals surface area (Å²) in [5, 5.41) is 0. The highest BCUT2D eigenvalue weighted by molar-refractivity contribution is 4.94. The molecule has 0 saturated heterocycles. The minimum absolute atomic E-state index is 0.533. The van der Waals surface area contributed by atoms with Crippen molar-refractivity contribution in [2.45, 2.75) is 73.6 Å². The topological polar surface area (TPSA) is 0 Å². The molecule has 0 amide bonds. The summed E-state index contributed by atoms with van der Waals surface area (Å²) in [5.74, 6) is 4.08. The Morgan fingerprint density at radius 2 is 1.06 bits per heavy atom. The minimum atomic E-state index is 0.533. The lowest BCUT2D eigenvalue weighted by atomic mass is 9.66. The van der Waals surface area contributed by atoms with Crippen molar-refractivity contribution in [2.75, 3.05) is 0 Å². The van der Waals surface area contributed by atoms with E-state index in [0.717, 1.165) is 23.7 Å². The molecule has 0 bridgehead atoms. The first kappa shape index (κ1) is 13.4. The number of hydrogen-bond acceptors (Lipinski definition) is 0. The Labute approximate surface area is 109 Å². The zero-order chi connectivity index (χ0) is 12.8. The smallest absolute Gasteiger partial charge is 0.0354 e. The molecule has 0 aromatic carbocycles. The average Bonchev–Trinajstić information content (AvgIpc) is 2.57. The van der Waals surface area contributed by atoms with Gasteiger partial charge in [-0.1, -0.05) is 41.5 Å². The SMILES string of the molecule is CC(C)(C)C1CCC2CC(C(C)(C)C)CC2C1. The quantitative estimate of drug-likeness (QED) is 0.519. The predicted octanol–water partition coefficient (Wildman–Crippen LogP) is 5.52. The van der Waals surface area contributed by atoms with Gasteiger partial charge >= 0.3 is 0 Å². The van der Waals surface area contributed by atoms with Crippen LogP contribution in [0.3, 0.4) is 0 Å². The highest BCUT2D eigenvalue weighted by Gasteiger charge is 2.44. The van der Waals surface area contributed by atoms with Gasteiger partial charge in [0.15, 0.2) is 0 Å². The van der Waals surface area contributed by atoms with E-state index in [9.17, 15) is 0 Å². The fourth-order valence-corrected chi connectivity index (χ4v) is 4.25. The monoisotopic (exact) mass is 236 g/mol. The van der Waals surface area contributed by atoms with Crippen molar-refractivity contribution >= 4 is 0 Å². The molecular weight excluding hydrogens is 204 g/mol. The molecular formula is C17H32. The molecule has 0 nitrogen and oxygen atoms in total. The van der Waals surface area contributed by atoms with Crippen molar-refractivity contribution in [1.29, 1.82) is 0 Å². The van der Waals surface area contributed by atoms with E-state index in [4.69, 9.17) is 0 Å². The Kier molecular flexibility index (Phi) is 3.38. The molecule has 17 heavy (non-hydrogen) atoms. The average molecular weight is 236 g/mol. The van der Waals surface area contributed by atoms with Gasteiger partial charge in [-0.15, -0.1) is 0 Å². The first-order valence-electron chi connectivity index (χ1n) is 7.68. The summed E-state index contributed by atoms with van der Waals surface area (Å²) in [4.78, 5) is 0. The first-order valence-corrected chi connectivity index (χ1v) is 7.68. The second kappa shape index (κ2) is 4.28. The molecule has 2 rings (SSSR count). The van der Waals surface area contributed by atoms with Crippen LogP contribution in [0.1, 0.15) is 73.6 Å². The normalized spacial score (nSPS) is 39.2. The predicted molar refractivity (Wildman–Crippen MR) is 76.0 cm³/mol. The van der Waals surface area contributed by atoms with Crippen molar-refractivity contribution in [3.05, 3.63) is 0 Å². The number of hydrogen-bond donors (Lipinski definition) is 0. The molecule has 2 aliphatic rings. The summed E-state index contributed by atoms with van der Waals surface area (Å²) in [6, 6.07) is 0. The number of fused-ring (bicyclic) bond motifs is 1. The highest BCUT2D eigenvalue weighted by atomic mass is 14.5. The molecule has 0 radical (unpaired) electrons. The Bertz CT molecular complexity index is 251. The molecule has 0 N–H and O–H groups in total. The van der Waals surface area contributed by atoms with Crippen molar-refractivity contribution in [2.24, 2.45) is 34.5 Å². The molecule has 0 aromatic heterocycles.